The maximum Gasteiger partial charge on any atom is 0.238 e. The van der Waals surface area contributed by atoms with Gasteiger partial charge in [-0.25, -0.2) is 13.6 Å². The molecule has 3 N–H and O–H groups in total. The second-order valence-electron chi connectivity index (χ2n) is 4.70. The Morgan fingerprint density at radius 2 is 1.85 bits per heavy atom. The number of nitrogens with zero attached hydrogens (tertiary/aromatic N) is 2. The number of aryl methyl sites for hydroxylation is 2. The van der Waals surface area contributed by atoms with Crippen LogP contribution in [0.3, 0.4) is 0 Å². The van der Waals surface area contributed by atoms with Crippen molar-refractivity contribution in [2.45, 2.75) is 25.3 Å². The zero-order valence-electron chi connectivity index (χ0n) is 11.7. The fourth-order valence-electron chi connectivity index (χ4n) is 2.03. The Bertz CT molecular complexity index is 718. The molecule has 0 bridgehead atoms. The molecule has 1 heterocycles. The lowest BCUT2D eigenvalue weighted by Gasteiger charge is -2.07. The Morgan fingerprint density at radius 3 is 2.30 bits per heavy atom. The van der Waals surface area contributed by atoms with Crippen LogP contribution < -0.4 is 10.5 Å². The van der Waals surface area contributed by atoms with Crippen LogP contribution in [0.5, 0.6) is 0 Å². The molecule has 0 atom stereocenters. The molecule has 0 unspecified atom stereocenters. The Hall–Kier alpha value is -1.86. The summed E-state index contributed by atoms with van der Waals surface area (Å²) in [6.07, 6.45) is 0. The second kappa shape index (κ2) is 5.26. The van der Waals surface area contributed by atoms with Gasteiger partial charge in [0.25, 0.3) is 0 Å². The molecule has 6 nitrogen and oxygen atoms in total. The van der Waals surface area contributed by atoms with E-state index >= 15 is 0 Å². The third kappa shape index (κ3) is 3.00. The molecule has 0 radical (unpaired) electrons. The van der Waals surface area contributed by atoms with Crippen LogP contribution in [0.25, 0.3) is 0 Å². The number of nitrogens with one attached hydrogen (secondary N) is 1. The van der Waals surface area contributed by atoms with Crippen molar-refractivity contribution < 1.29 is 8.42 Å². The lowest BCUT2D eigenvalue weighted by Crippen LogP contribution is -2.12. The van der Waals surface area contributed by atoms with Gasteiger partial charge in [0.05, 0.1) is 10.6 Å². The van der Waals surface area contributed by atoms with Crippen molar-refractivity contribution in [3.05, 3.63) is 41.2 Å². The first-order chi connectivity index (χ1) is 9.29. The highest BCUT2D eigenvalue weighted by Crippen LogP contribution is 2.16. The number of rotatable bonds is 4. The van der Waals surface area contributed by atoms with Gasteiger partial charge >= 0.3 is 0 Å². The van der Waals surface area contributed by atoms with Crippen LogP contribution in [0.4, 0.5) is 5.69 Å². The van der Waals surface area contributed by atoms with Gasteiger partial charge < -0.3 is 5.32 Å². The number of sulfonamides is 1. The first kappa shape index (κ1) is 14.5. The number of aromatic nitrogens is 2. The summed E-state index contributed by atoms with van der Waals surface area (Å²) in [4.78, 5) is 0.108. The average Bonchev–Trinajstić information content (AvgIpc) is 2.61. The van der Waals surface area contributed by atoms with Gasteiger partial charge in [0, 0.05) is 30.5 Å². The first-order valence-electron chi connectivity index (χ1n) is 6.15. The Labute approximate surface area is 118 Å². The molecule has 0 saturated heterocycles. The fourth-order valence-corrected chi connectivity index (χ4v) is 2.54. The van der Waals surface area contributed by atoms with E-state index in [-0.39, 0.29) is 4.90 Å². The van der Waals surface area contributed by atoms with Crippen molar-refractivity contribution >= 4 is 15.7 Å². The van der Waals surface area contributed by atoms with E-state index in [1.54, 1.807) is 12.1 Å². The van der Waals surface area contributed by atoms with Gasteiger partial charge in [-0.3, -0.25) is 4.68 Å². The summed E-state index contributed by atoms with van der Waals surface area (Å²) in [5.74, 6) is 0. The van der Waals surface area contributed by atoms with Crippen LogP contribution >= 0.6 is 0 Å². The number of anilines is 1. The number of hydrogen-bond acceptors (Lipinski definition) is 4. The molecule has 2 rings (SSSR count). The summed E-state index contributed by atoms with van der Waals surface area (Å²) in [7, 11) is -1.73. The molecule has 20 heavy (non-hydrogen) atoms. The number of nitrogens with two attached hydrogens (primary N) is 1. The summed E-state index contributed by atoms with van der Waals surface area (Å²) in [5, 5.41) is 12.7. The van der Waals surface area contributed by atoms with E-state index in [0.717, 1.165) is 22.6 Å². The predicted octanol–water partition coefficient (Wildman–Crippen LogP) is 1.30. The number of benzene rings is 1. The molecule has 1 aromatic heterocycles. The highest BCUT2D eigenvalue weighted by molar-refractivity contribution is 7.89. The lowest BCUT2D eigenvalue weighted by molar-refractivity contribution is 0.598. The van der Waals surface area contributed by atoms with Crippen molar-refractivity contribution in [1.82, 2.24) is 9.78 Å². The monoisotopic (exact) mass is 294 g/mol. The van der Waals surface area contributed by atoms with E-state index in [9.17, 15) is 8.42 Å². The molecule has 0 saturated carbocycles. The normalized spacial score (nSPS) is 11.6. The van der Waals surface area contributed by atoms with E-state index in [4.69, 9.17) is 5.14 Å². The van der Waals surface area contributed by atoms with E-state index < -0.39 is 10.0 Å². The first-order valence-corrected chi connectivity index (χ1v) is 7.69. The quantitative estimate of drug-likeness (QED) is 0.889. The van der Waals surface area contributed by atoms with Crippen LogP contribution in [0.2, 0.25) is 0 Å². The molecule has 0 amide bonds. The smallest absolute Gasteiger partial charge is 0.238 e. The van der Waals surface area contributed by atoms with Crippen LogP contribution in [0.1, 0.15) is 17.0 Å². The number of hydrogen-bond donors (Lipinski definition) is 2. The Morgan fingerprint density at radius 1 is 1.25 bits per heavy atom. The van der Waals surface area contributed by atoms with E-state index in [2.05, 4.69) is 10.4 Å². The zero-order valence-corrected chi connectivity index (χ0v) is 12.5. The van der Waals surface area contributed by atoms with Gasteiger partial charge in [-0.2, -0.15) is 5.10 Å². The van der Waals surface area contributed by atoms with Gasteiger partial charge in [-0.1, -0.05) is 0 Å². The summed E-state index contributed by atoms with van der Waals surface area (Å²) < 4.78 is 24.2. The van der Waals surface area contributed by atoms with Gasteiger partial charge in [0.2, 0.25) is 10.0 Å². The Balaban J connectivity index is 2.12. The molecule has 108 valence electrons. The molecule has 0 spiro atoms. The third-order valence-electron chi connectivity index (χ3n) is 3.31. The van der Waals surface area contributed by atoms with Gasteiger partial charge in [0.15, 0.2) is 0 Å². The highest BCUT2D eigenvalue weighted by atomic mass is 32.2. The van der Waals surface area contributed by atoms with Crippen LogP contribution in [-0.2, 0) is 23.6 Å². The lowest BCUT2D eigenvalue weighted by atomic mass is 10.2. The average molecular weight is 294 g/mol. The standard InChI is InChI=1S/C13H18N4O2S/c1-9-13(10(2)17(3)16-9)8-15-11-4-6-12(7-5-11)20(14,18)19/h4-7,15H,8H2,1-3H3,(H2,14,18,19). The van der Waals surface area contributed by atoms with E-state index in [0.29, 0.717) is 6.54 Å². The molecule has 2 aromatic rings. The molecule has 7 heteroatoms. The maximum absolute atomic E-state index is 11.2. The Kier molecular flexibility index (Phi) is 3.82. The number of primary sulfonamides is 1. The molecule has 1 aromatic carbocycles. The van der Waals surface area contributed by atoms with Crippen LogP contribution in [0.15, 0.2) is 29.2 Å². The molecular weight excluding hydrogens is 276 g/mol. The molecule has 0 aliphatic carbocycles. The topological polar surface area (TPSA) is 90.0 Å². The maximum atomic E-state index is 11.2. The summed E-state index contributed by atoms with van der Waals surface area (Å²) in [6.45, 7) is 4.62. The highest BCUT2D eigenvalue weighted by Gasteiger charge is 2.10. The van der Waals surface area contributed by atoms with Gasteiger partial charge in [-0.05, 0) is 38.1 Å². The van der Waals surface area contributed by atoms with Crippen LogP contribution in [0, 0.1) is 13.8 Å². The zero-order chi connectivity index (χ0) is 14.9. The summed E-state index contributed by atoms with van der Waals surface area (Å²) in [5.41, 5.74) is 4.07. The minimum atomic E-state index is -3.64. The minimum absolute atomic E-state index is 0.108. The van der Waals surface area contributed by atoms with Crippen molar-refractivity contribution in [1.29, 1.82) is 0 Å². The van der Waals surface area contributed by atoms with E-state index in [1.165, 1.54) is 12.1 Å². The fraction of sp³-hybridized carbons (Fsp3) is 0.308. The van der Waals surface area contributed by atoms with Crippen molar-refractivity contribution in [2.24, 2.45) is 12.2 Å². The molecular formula is C13H18N4O2S. The molecule has 0 fully saturated rings. The predicted molar refractivity (Wildman–Crippen MR) is 77.8 cm³/mol. The second-order valence-corrected chi connectivity index (χ2v) is 6.26. The van der Waals surface area contributed by atoms with Gasteiger partial charge in [-0.15, -0.1) is 0 Å². The van der Waals surface area contributed by atoms with Crippen molar-refractivity contribution in [2.75, 3.05) is 5.32 Å². The van der Waals surface area contributed by atoms with E-state index in [1.807, 2.05) is 25.6 Å². The van der Waals surface area contributed by atoms with Crippen molar-refractivity contribution in [3.8, 4) is 0 Å². The summed E-state index contributed by atoms with van der Waals surface area (Å²) in [6, 6.07) is 6.36. The third-order valence-corrected chi connectivity index (χ3v) is 4.24. The van der Waals surface area contributed by atoms with Crippen LogP contribution in [-0.4, -0.2) is 18.2 Å². The molecule has 0 aliphatic rings. The van der Waals surface area contributed by atoms with Gasteiger partial charge in [0.1, 0.15) is 0 Å². The van der Waals surface area contributed by atoms with Crippen molar-refractivity contribution in [3.63, 3.8) is 0 Å². The minimum Gasteiger partial charge on any atom is -0.381 e. The largest absolute Gasteiger partial charge is 0.381 e. The SMILES string of the molecule is Cc1nn(C)c(C)c1CNc1ccc(S(N)(=O)=O)cc1. The summed E-state index contributed by atoms with van der Waals surface area (Å²) >= 11 is 0. The molecule has 0 aliphatic heterocycles.